The van der Waals surface area contributed by atoms with E-state index in [1.54, 1.807) is 4.68 Å². The lowest BCUT2D eigenvalue weighted by Gasteiger charge is -2.04. The van der Waals surface area contributed by atoms with Gasteiger partial charge < -0.3 is 5.32 Å². The van der Waals surface area contributed by atoms with Crippen LogP contribution in [0, 0.1) is 5.92 Å². The summed E-state index contributed by atoms with van der Waals surface area (Å²) < 4.78 is 1.72. The number of rotatable bonds is 3. The Morgan fingerprint density at radius 1 is 1.69 bits per heavy atom. The van der Waals surface area contributed by atoms with Gasteiger partial charge in [-0.3, -0.25) is 9.48 Å². The van der Waals surface area contributed by atoms with Crippen LogP contribution < -0.4 is 5.32 Å². The second-order valence-electron chi connectivity index (χ2n) is 3.35. The lowest BCUT2D eigenvalue weighted by molar-refractivity contribution is -0.124. The quantitative estimate of drug-likeness (QED) is 0.745. The first kappa shape index (κ1) is 9.77. The van der Waals surface area contributed by atoms with Crippen LogP contribution in [0.2, 0.25) is 0 Å². The summed E-state index contributed by atoms with van der Waals surface area (Å²) in [6, 6.07) is 1.89. The van der Waals surface area contributed by atoms with Gasteiger partial charge in [-0.25, -0.2) is 0 Å². The average Bonchev–Trinajstić information content (AvgIpc) is 2.47. The highest BCUT2D eigenvalue weighted by atomic mass is 16.1. The number of carbonyl (C=O) groups is 1. The molecule has 0 saturated carbocycles. The molecular weight excluding hydrogens is 166 g/mol. The van der Waals surface area contributed by atoms with Crippen molar-refractivity contribution >= 4 is 5.91 Å². The maximum atomic E-state index is 11.2. The van der Waals surface area contributed by atoms with Crippen LogP contribution in [0.15, 0.2) is 12.3 Å². The predicted molar refractivity (Wildman–Crippen MR) is 49.9 cm³/mol. The molecule has 0 atom stereocenters. The Hall–Kier alpha value is -1.32. The molecule has 4 nitrogen and oxygen atoms in total. The molecule has 1 aromatic rings. The van der Waals surface area contributed by atoms with Crippen LogP contribution in [-0.4, -0.2) is 15.7 Å². The Kier molecular flexibility index (Phi) is 3.06. The second kappa shape index (κ2) is 4.07. The molecular formula is C9H15N3O. The molecule has 0 aliphatic carbocycles. The van der Waals surface area contributed by atoms with Crippen molar-refractivity contribution in [1.29, 1.82) is 0 Å². The van der Waals surface area contributed by atoms with Crippen molar-refractivity contribution in [3.63, 3.8) is 0 Å². The first-order valence-electron chi connectivity index (χ1n) is 4.36. The van der Waals surface area contributed by atoms with Crippen LogP contribution in [-0.2, 0) is 18.4 Å². The van der Waals surface area contributed by atoms with Gasteiger partial charge in [0, 0.05) is 19.2 Å². The minimum absolute atomic E-state index is 0.0312. The monoisotopic (exact) mass is 181 g/mol. The molecule has 0 saturated heterocycles. The van der Waals surface area contributed by atoms with Crippen LogP contribution in [0.3, 0.4) is 0 Å². The van der Waals surface area contributed by atoms with E-state index in [0.29, 0.717) is 6.54 Å². The van der Waals surface area contributed by atoms with Crippen LogP contribution in [0.1, 0.15) is 19.5 Å². The average molecular weight is 181 g/mol. The van der Waals surface area contributed by atoms with Gasteiger partial charge in [0.05, 0.1) is 12.2 Å². The summed E-state index contributed by atoms with van der Waals surface area (Å²) in [5.41, 5.74) is 0.886. The predicted octanol–water partition coefficient (Wildman–Crippen LogP) is 0.692. The number of aromatic nitrogens is 2. The number of aryl methyl sites for hydroxylation is 1. The molecule has 1 rings (SSSR count). The molecule has 0 spiro atoms. The normalized spacial score (nSPS) is 10.5. The highest BCUT2D eigenvalue weighted by molar-refractivity contribution is 5.77. The van der Waals surface area contributed by atoms with Crippen molar-refractivity contribution < 1.29 is 4.79 Å². The number of nitrogens with zero attached hydrogens (tertiary/aromatic N) is 2. The molecule has 13 heavy (non-hydrogen) atoms. The van der Waals surface area contributed by atoms with Gasteiger partial charge >= 0.3 is 0 Å². The Morgan fingerprint density at radius 3 is 2.85 bits per heavy atom. The first-order valence-corrected chi connectivity index (χ1v) is 4.36. The molecule has 0 fully saturated rings. The van der Waals surface area contributed by atoms with Gasteiger partial charge in [0.1, 0.15) is 0 Å². The zero-order valence-electron chi connectivity index (χ0n) is 8.24. The minimum Gasteiger partial charge on any atom is -0.350 e. The summed E-state index contributed by atoms with van der Waals surface area (Å²) in [5.74, 6) is 0.0920. The summed E-state index contributed by atoms with van der Waals surface area (Å²) in [7, 11) is 1.85. The third-order valence-electron chi connectivity index (χ3n) is 1.74. The minimum atomic E-state index is 0.0312. The van der Waals surface area contributed by atoms with E-state index in [2.05, 4.69) is 10.4 Å². The van der Waals surface area contributed by atoms with E-state index in [4.69, 9.17) is 0 Å². The molecule has 4 heteroatoms. The van der Waals surface area contributed by atoms with Crippen molar-refractivity contribution in [3.05, 3.63) is 18.0 Å². The fraction of sp³-hybridized carbons (Fsp3) is 0.556. The van der Waals surface area contributed by atoms with Gasteiger partial charge in [-0.1, -0.05) is 13.8 Å². The van der Waals surface area contributed by atoms with Gasteiger partial charge in [-0.15, -0.1) is 0 Å². The number of hydrogen-bond donors (Lipinski definition) is 1. The summed E-state index contributed by atoms with van der Waals surface area (Å²) in [4.78, 5) is 11.2. The summed E-state index contributed by atoms with van der Waals surface area (Å²) >= 11 is 0. The van der Waals surface area contributed by atoms with E-state index in [1.807, 2.05) is 33.2 Å². The molecule has 1 amide bonds. The highest BCUT2D eigenvalue weighted by Gasteiger charge is 2.06. The number of amides is 1. The lowest BCUT2D eigenvalue weighted by Crippen LogP contribution is -2.27. The smallest absolute Gasteiger partial charge is 0.222 e. The number of hydrogen-bond acceptors (Lipinski definition) is 2. The molecule has 0 aliphatic rings. The van der Waals surface area contributed by atoms with Crippen LogP contribution in [0.4, 0.5) is 0 Å². The largest absolute Gasteiger partial charge is 0.350 e. The molecule has 1 N–H and O–H groups in total. The zero-order valence-corrected chi connectivity index (χ0v) is 8.24. The summed E-state index contributed by atoms with van der Waals surface area (Å²) in [5, 5.41) is 6.94. The molecule has 0 unspecified atom stereocenters. The van der Waals surface area contributed by atoms with E-state index < -0.39 is 0 Å². The van der Waals surface area contributed by atoms with E-state index in [9.17, 15) is 4.79 Å². The van der Waals surface area contributed by atoms with Crippen molar-refractivity contribution in [2.75, 3.05) is 0 Å². The molecule has 1 aromatic heterocycles. The number of carbonyl (C=O) groups excluding carboxylic acids is 1. The van der Waals surface area contributed by atoms with Gasteiger partial charge in [0.15, 0.2) is 0 Å². The second-order valence-corrected chi connectivity index (χ2v) is 3.35. The van der Waals surface area contributed by atoms with Crippen molar-refractivity contribution in [2.45, 2.75) is 20.4 Å². The zero-order chi connectivity index (χ0) is 9.84. The Bertz CT molecular complexity index is 291. The summed E-state index contributed by atoms with van der Waals surface area (Å²) in [6.45, 7) is 4.25. The molecule has 72 valence electrons. The Labute approximate surface area is 77.9 Å². The van der Waals surface area contributed by atoms with Crippen LogP contribution in [0.25, 0.3) is 0 Å². The van der Waals surface area contributed by atoms with Gasteiger partial charge in [0.2, 0.25) is 5.91 Å². The molecule has 0 bridgehead atoms. The topological polar surface area (TPSA) is 46.9 Å². The SMILES string of the molecule is CC(C)C(=O)NCc1ccn(C)n1. The third-order valence-corrected chi connectivity index (χ3v) is 1.74. The van der Waals surface area contributed by atoms with Gasteiger partial charge in [-0.2, -0.15) is 5.10 Å². The van der Waals surface area contributed by atoms with E-state index in [0.717, 1.165) is 5.69 Å². The third kappa shape index (κ3) is 2.89. The fourth-order valence-corrected chi connectivity index (χ4v) is 0.939. The molecule has 0 radical (unpaired) electrons. The molecule has 0 aromatic carbocycles. The molecule has 1 heterocycles. The van der Waals surface area contributed by atoms with Crippen molar-refractivity contribution in [3.8, 4) is 0 Å². The van der Waals surface area contributed by atoms with E-state index >= 15 is 0 Å². The van der Waals surface area contributed by atoms with Crippen LogP contribution in [0.5, 0.6) is 0 Å². The fourth-order valence-electron chi connectivity index (χ4n) is 0.939. The van der Waals surface area contributed by atoms with E-state index in [-0.39, 0.29) is 11.8 Å². The summed E-state index contributed by atoms with van der Waals surface area (Å²) in [6.07, 6.45) is 1.86. The van der Waals surface area contributed by atoms with Gasteiger partial charge in [0.25, 0.3) is 0 Å². The van der Waals surface area contributed by atoms with Crippen LogP contribution >= 0.6 is 0 Å². The first-order chi connectivity index (χ1) is 6.09. The van der Waals surface area contributed by atoms with Gasteiger partial charge in [-0.05, 0) is 6.07 Å². The Balaban J connectivity index is 2.39. The lowest BCUT2D eigenvalue weighted by atomic mass is 10.2. The Morgan fingerprint density at radius 2 is 2.38 bits per heavy atom. The maximum absolute atomic E-state index is 11.2. The maximum Gasteiger partial charge on any atom is 0.222 e. The number of nitrogens with one attached hydrogen (secondary N) is 1. The van der Waals surface area contributed by atoms with Crippen molar-refractivity contribution in [1.82, 2.24) is 15.1 Å². The van der Waals surface area contributed by atoms with Crippen molar-refractivity contribution in [2.24, 2.45) is 13.0 Å². The standard InChI is InChI=1S/C9H15N3O/c1-7(2)9(13)10-6-8-4-5-12(3)11-8/h4-5,7H,6H2,1-3H3,(H,10,13). The highest BCUT2D eigenvalue weighted by Crippen LogP contribution is 1.95. The van der Waals surface area contributed by atoms with E-state index in [1.165, 1.54) is 0 Å². The molecule has 0 aliphatic heterocycles.